The lowest BCUT2D eigenvalue weighted by molar-refractivity contribution is -0.152. The van der Waals surface area contributed by atoms with Gasteiger partial charge in [0.25, 0.3) is 0 Å². The van der Waals surface area contributed by atoms with Gasteiger partial charge in [0.1, 0.15) is 36.1 Å². The van der Waals surface area contributed by atoms with E-state index in [2.05, 4.69) is 0 Å². The van der Waals surface area contributed by atoms with Crippen LogP contribution in [0.4, 0.5) is 8.78 Å². The van der Waals surface area contributed by atoms with Gasteiger partial charge in [-0.05, 0) is 77.3 Å². The third-order valence-corrected chi connectivity index (χ3v) is 7.53. The fraction of sp³-hybridized carbons (Fsp3) is 0.600. The smallest absolute Gasteiger partial charge is 0.126 e. The molecule has 6 nitrogen and oxygen atoms in total. The number of aryl methyl sites for hydroxylation is 1. The van der Waals surface area contributed by atoms with Gasteiger partial charge in [-0.3, -0.25) is 0 Å². The number of benzene rings is 2. The lowest BCUT2D eigenvalue weighted by Crippen LogP contribution is -2.52. The average Bonchev–Trinajstić information content (AvgIpc) is 2.87. The molecular formula is C30H44F2O6. The molecule has 0 amide bonds. The molecule has 0 saturated heterocycles. The quantitative estimate of drug-likeness (QED) is 0.219. The SMILES string of the molecule is CC(C)c1ccc(CCC(C)C(Cc2ccc(C(C)C)c(F)c2)C(O)[C@@H](O)[C@@H](O)[C@H](O)[C@@H](O)CO)cc1F. The van der Waals surface area contributed by atoms with E-state index in [1.807, 2.05) is 40.7 Å². The summed E-state index contributed by atoms with van der Waals surface area (Å²) in [5, 5.41) is 61.0. The van der Waals surface area contributed by atoms with Gasteiger partial charge < -0.3 is 30.6 Å². The van der Waals surface area contributed by atoms with Gasteiger partial charge in [0, 0.05) is 0 Å². The summed E-state index contributed by atoms with van der Waals surface area (Å²) in [5.41, 5.74) is 2.55. The molecule has 6 N–H and O–H groups in total. The van der Waals surface area contributed by atoms with Crippen LogP contribution in [-0.4, -0.2) is 67.8 Å². The minimum absolute atomic E-state index is 0.0109. The van der Waals surface area contributed by atoms with Crippen molar-refractivity contribution >= 4 is 0 Å². The summed E-state index contributed by atoms with van der Waals surface area (Å²) >= 11 is 0. The summed E-state index contributed by atoms with van der Waals surface area (Å²) in [4.78, 5) is 0. The molecule has 2 rings (SSSR count). The molecule has 8 heteroatoms. The lowest BCUT2D eigenvalue weighted by Gasteiger charge is -2.35. The first-order valence-electron chi connectivity index (χ1n) is 13.4. The first-order chi connectivity index (χ1) is 17.8. The van der Waals surface area contributed by atoms with Crippen molar-refractivity contribution in [3.05, 3.63) is 70.3 Å². The van der Waals surface area contributed by atoms with Crippen LogP contribution in [0.15, 0.2) is 36.4 Å². The topological polar surface area (TPSA) is 121 Å². The lowest BCUT2D eigenvalue weighted by atomic mass is 9.77. The molecule has 2 aromatic carbocycles. The monoisotopic (exact) mass is 538 g/mol. The van der Waals surface area contributed by atoms with E-state index in [9.17, 15) is 34.3 Å². The number of halogens is 2. The molecule has 0 aromatic heterocycles. The highest BCUT2D eigenvalue weighted by molar-refractivity contribution is 5.28. The molecule has 0 saturated carbocycles. The Bertz CT molecular complexity index is 1010. The van der Waals surface area contributed by atoms with Crippen molar-refractivity contribution in [3.63, 3.8) is 0 Å². The molecule has 0 radical (unpaired) electrons. The van der Waals surface area contributed by atoms with Crippen LogP contribution in [0, 0.1) is 23.5 Å². The van der Waals surface area contributed by atoms with Gasteiger partial charge in [0.05, 0.1) is 12.7 Å². The van der Waals surface area contributed by atoms with Gasteiger partial charge >= 0.3 is 0 Å². The zero-order chi connectivity index (χ0) is 28.7. The van der Waals surface area contributed by atoms with Crippen LogP contribution in [0.2, 0.25) is 0 Å². The van der Waals surface area contributed by atoms with E-state index in [0.29, 0.717) is 29.5 Å². The minimum atomic E-state index is -1.93. The highest BCUT2D eigenvalue weighted by Crippen LogP contribution is 2.30. The van der Waals surface area contributed by atoms with E-state index in [1.165, 1.54) is 12.1 Å². The Balaban J connectivity index is 2.28. The first kappa shape index (κ1) is 32.3. The molecule has 7 atom stereocenters. The van der Waals surface area contributed by atoms with Crippen molar-refractivity contribution in [1.29, 1.82) is 0 Å². The van der Waals surface area contributed by atoms with E-state index < -0.39 is 43.0 Å². The zero-order valence-electron chi connectivity index (χ0n) is 22.9. The zero-order valence-corrected chi connectivity index (χ0v) is 22.9. The standard InChI is InChI=1S/C30H44F2O6/c1-16(2)21-10-8-19(13-24(21)31)7-6-18(5)23(12-20-9-11-22(17(3)4)25(32)14-20)27(35)29(37)30(38)28(36)26(34)15-33/h8-11,13-14,16-18,23,26-30,33-38H,6-7,12,15H2,1-5H3/t18?,23?,26-,27?,28+,29+,30-/m0/s1. The predicted octanol–water partition coefficient (Wildman–Crippen LogP) is 3.44. The predicted molar refractivity (Wildman–Crippen MR) is 143 cm³/mol. The van der Waals surface area contributed by atoms with Crippen LogP contribution in [0.1, 0.15) is 75.1 Å². The number of hydrogen-bond donors (Lipinski definition) is 6. The van der Waals surface area contributed by atoms with Gasteiger partial charge in [-0.15, -0.1) is 0 Å². The Morgan fingerprint density at radius 3 is 1.61 bits per heavy atom. The highest BCUT2D eigenvalue weighted by Gasteiger charge is 2.39. The number of hydrogen-bond acceptors (Lipinski definition) is 6. The van der Waals surface area contributed by atoms with E-state index in [0.717, 1.165) is 5.56 Å². The molecule has 3 unspecified atom stereocenters. The Morgan fingerprint density at radius 2 is 1.13 bits per heavy atom. The van der Waals surface area contributed by atoms with Gasteiger partial charge in [0.2, 0.25) is 0 Å². The maximum atomic E-state index is 14.7. The summed E-state index contributed by atoms with van der Waals surface area (Å²) in [6.45, 7) is 8.61. The summed E-state index contributed by atoms with van der Waals surface area (Å²) in [6, 6.07) is 9.97. The normalized spacial score (nSPS) is 17.8. The maximum Gasteiger partial charge on any atom is 0.126 e. The Hall–Kier alpha value is -1.94. The van der Waals surface area contributed by atoms with Crippen LogP contribution < -0.4 is 0 Å². The van der Waals surface area contributed by atoms with Crippen LogP contribution in [0.25, 0.3) is 0 Å². The molecule has 38 heavy (non-hydrogen) atoms. The van der Waals surface area contributed by atoms with Gasteiger partial charge in [-0.25, -0.2) is 8.78 Å². The largest absolute Gasteiger partial charge is 0.394 e. The molecule has 0 aliphatic carbocycles. The molecule has 0 spiro atoms. The number of aliphatic hydroxyl groups is 6. The van der Waals surface area contributed by atoms with Crippen molar-refractivity contribution in [2.75, 3.05) is 6.61 Å². The average molecular weight is 539 g/mol. The summed E-state index contributed by atoms with van der Waals surface area (Å²) < 4.78 is 29.2. The highest BCUT2D eigenvalue weighted by atomic mass is 19.1. The number of rotatable bonds is 14. The van der Waals surface area contributed by atoms with Crippen molar-refractivity contribution in [2.24, 2.45) is 11.8 Å². The van der Waals surface area contributed by atoms with Gasteiger partial charge in [-0.2, -0.15) is 0 Å². The van der Waals surface area contributed by atoms with Crippen molar-refractivity contribution in [2.45, 2.75) is 96.2 Å². The van der Waals surface area contributed by atoms with Crippen LogP contribution in [0.3, 0.4) is 0 Å². The van der Waals surface area contributed by atoms with Gasteiger partial charge in [0.15, 0.2) is 0 Å². The van der Waals surface area contributed by atoms with Crippen molar-refractivity contribution in [3.8, 4) is 0 Å². The molecule has 2 aromatic rings. The van der Waals surface area contributed by atoms with Gasteiger partial charge in [-0.1, -0.05) is 58.9 Å². The number of aliphatic hydroxyl groups excluding tert-OH is 6. The fourth-order valence-corrected chi connectivity index (χ4v) is 4.89. The maximum absolute atomic E-state index is 14.7. The van der Waals surface area contributed by atoms with Crippen LogP contribution >= 0.6 is 0 Å². The third kappa shape index (κ3) is 8.28. The second-order valence-corrected chi connectivity index (χ2v) is 11.1. The van der Waals surface area contributed by atoms with Crippen LogP contribution in [0.5, 0.6) is 0 Å². The summed E-state index contributed by atoms with van der Waals surface area (Å²) in [5.74, 6) is -1.56. The Kier molecular flexibility index (Phi) is 12.3. The van der Waals surface area contributed by atoms with E-state index in [4.69, 9.17) is 5.11 Å². The molecule has 0 bridgehead atoms. The Morgan fingerprint density at radius 1 is 0.658 bits per heavy atom. The fourth-order valence-electron chi connectivity index (χ4n) is 4.89. The molecule has 214 valence electrons. The summed E-state index contributed by atoms with van der Waals surface area (Å²) in [6.07, 6.45) is -7.76. The third-order valence-electron chi connectivity index (χ3n) is 7.53. The van der Waals surface area contributed by atoms with E-state index >= 15 is 0 Å². The van der Waals surface area contributed by atoms with E-state index in [1.54, 1.807) is 18.2 Å². The molecule has 0 heterocycles. The van der Waals surface area contributed by atoms with Crippen LogP contribution in [-0.2, 0) is 12.8 Å². The second kappa shape index (κ2) is 14.4. The second-order valence-electron chi connectivity index (χ2n) is 11.1. The molecule has 0 fully saturated rings. The molecule has 0 aliphatic rings. The minimum Gasteiger partial charge on any atom is -0.394 e. The van der Waals surface area contributed by atoms with Crippen molar-refractivity contribution < 1.29 is 39.4 Å². The Labute approximate surface area is 224 Å². The summed E-state index contributed by atoms with van der Waals surface area (Å²) in [7, 11) is 0. The van der Waals surface area contributed by atoms with Crippen molar-refractivity contribution in [1.82, 2.24) is 0 Å². The molecule has 0 aliphatic heterocycles. The van der Waals surface area contributed by atoms with E-state index in [-0.39, 0.29) is 35.8 Å². The molecular weight excluding hydrogens is 494 g/mol. The first-order valence-corrected chi connectivity index (χ1v) is 13.4.